The van der Waals surface area contributed by atoms with Crippen molar-refractivity contribution >= 4 is 17.2 Å². The van der Waals surface area contributed by atoms with Crippen molar-refractivity contribution in [3.05, 3.63) is 46.0 Å². The number of hydrogen-bond acceptors (Lipinski definition) is 2. The highest BCUT2D eigenvalue weighted by molar-refractivity contribution is 6.33. The quantitative estimate of drug-likeness (QED) is 0.613. The average Bonchev–Trinajstić information content (AvgIpc) is 2.07. The zero-order valence-electron chi connectivity index (χ0n) is 6.07. The third-order valence-electron chi connectivity index (χ3n) is 1.57. The van der Waals surface area contributed by atoms with E-state index in [0.29, 0.717) is 10.7 Å². The fraction of sp³-hybridized carbons (Fsp3) is 0. The predicted molar refractivity (Wildman–Crippen MR) is 46.5 cm³/mol. The standard InChI is InChI=1S/C8H5ClN2O/c9-6-2-1-5-11-7(12)3-4-10-8(6)11/h1-5H. The van der Waals surface area contributed by atoms with Crippen molar-refractivity contribution in [3.63, 3.8) is 0 Å². The summed E-state index contributed by atoms with van der Waals surface area (Å²) < 4.78 is 1.41. The van der Waals surface area contributed by atoms with Crippen LogP contribution in [-0.4, -0.2) is 9.38 Å². The molecule has 12 heavy (non-hydrogen) atoms. The molecule has 0 unspecified atom stereocenters. The molecule has 0 aromatic carbocycles. The van der Waals surface area contributed by atoms with Crippen LogP contribution >= 0.6 is 11.6 Å². The smallest absolute Gasteiger partial charge is 0.257 e. The number of halogens is 1. The summed E-state index contributed by atoms with van der Waals surface area (Å²) in [6, 6.07) is 4.80. The van der Waals surface area contributed by atoms with Gasteiger partial charge in [-0.05, 0) is 12.1 Å². The monoisotopic (exact) mass is 180 g/mol. The van der Waals surface area contributed by atoms with Crippen molar-refractivity contribution in [2.45, 2.75) is 0 Å². The predicted octanol–water partition coefficient (Wildman–Crippen LogP) is 1.35. The van der Waals surface area contributed by atoms with Gasteiger partial charge in [0.15, 0.2) is 5.65 Å². The number of pyridine rings is 1. The molecule has 0 amide bonds. The van der Waals surface area contributed by atoms with Gasteiger partial charge in [0.05, 0.1) is 5.02 Å². The van der Waals surface area contributed by atoms with Gasteiger partial charge in [0.25, 0.3) is 5.56 Å². The maximum Gasteiger partial charge on any atom is 0.257 e. The second kappa shape index (κ2) is 2.60. The van der Waals surface area contributed by atoms with Crippen LogP contribution in [0.3, 0.4) is 0 Å². The Morgan fingerprint density at radius 2 is 2.25 bits per heavy atom. The molecule has 2 rings (SSSR count). The minimum Gasteiger partial charge on any atom is -0.269 e. The maximum absolute atomic E-state index is 11.2. The van der Waals surface area contributed by atoms with Crippen LogP contribution < -0.4 is 5.56 Å². The van der Waals surface area contributed by atoms with Gasteiger partial charge in [0.1, 0.15) is 0 Å². The first-order valence-electron chi connectivity index (χ1n) is 3.41. The molecule has 0 aliphatic carbocycles. The summed E-state index contributed by atoms with van der Waals surface area (Å²) >= 11 is 5.81. The van der Waals surface area contributed by atoms with Gasteiger partial charge in [-0.15, -0.1) is 0 Å². The minimum absolute atomic E-state index is 0.123. The first-order valence-corrected chi connectivity index (χ1v) is 3.79. The zero-order valence-corrected chi connectivity index (χ0v) is 6.82. The lowest BCUT2D eigenvalue weighted by Gasteiger charge is -1.98. The van der Waals surface area contributed by atoms with Crippen molar-refractivity contribution in [2.75, 3.05) is 0 Å². The summed E-state index contributed by atoms with van der Waals surface area (Å²) in [4.78, 5) is 15.2. The third kappa shape index (κ3) is 0.987. The van der Waals surface area contributed by atoms with Gasteiger partial charge < -0.3 is 0 Å². The Hall–Kier alpha value is -1.35. The molecule has 3 nitrogen and oxygen atoms in total. The van der Waals surface area contributed by atoms with Crippen molar-refractivity contribution in [2.24, 2.45) is 0 Å². The van der Waals surface area contributed by atoms with Crippen LogP contribution in [0.4, 0.5) is 0 Å². The largest absolute Gasteiger partial charge is 0.269 e. The van der Waals surface area contributed by atoms with E-state index in [9.17, 15) is 4.79 Å². The van der Waals surface area contributed by atoms with Crippen LogP contribution in [0.5, 0.6) is 0 Å². The highest BCUT2D eigenvalue weighted by Gasteiger charge is 1.98. The Kier molecular flexibility index (Phi) is 1.59. The molecule has 0 saturated carbocycles. The van der Waals surface area contributed by atoms with E-state index < -0.39 is 0 Å². The molecular weight excluding hydrogens is 176 g/mol. The molecule has 0 bridgehead atoms. The van der Waals surface area contributed by atoms with Crippen LogP contribution in [0.15, 0.2) is 35.4 Å². The first kappa shape index (κ1) is 7.31. The van der Waals surface area contributed by atoms with E-state index in [0.717, 1.165) is 0 Å². The lowest BCUT2D eigenvalue weighted by molar-refractivity contribution is 1.05. The molecule has 0 fully saturated rings. The van der Waals surface area contributed by atoms with E-state index in [-0.39, 0.29) is 5.56 Å². The normalized spacial score (nSPS) is 10.4. The number of fused-ring (bicyclic) bond motifs is 1. The molecule has 0 spiro atoms. The molecule has 2 aromatic heterocycles. The van der Waals surface area contributed by atoms with Gasteiger partial charge in [0, 0.05) is 18.5 Å². The molecule has 0 aliphatic heterocycles. The van der Waals surface area contributed by atoms with E-state index in [1.807, 2.05) is 0 Å². The Morgan fingerprint density at radius 1 is 1.42 bits per heavy atom. The number of rotatable bonds is 0. The Bertz CT molecular complexity index is 478. The number of nitrogens with zero attached hydrogens (tertiary/aromatic N) is 2. The van der Waals surface area contributed by atoms with Crippen molar-refractivity contribution < 1.29 is 0 Å². The van der Waals surface area contributed by atoms with Gasteiger partial charge in [-0.1, -0.05) is 11.6 Å². The van der Waals surface area contributed by atoms with Gasteiger partial charge in [0.2, 0.25) is 0 Å². The van der Waals surface area contributed by atoms with Gasteiger partial charge in [-0.25, -0.2) is 4.98 Å². The summed E-state index contributed by atoms with van der Waals surface area (Å²) in [5.41, 5.74) is 0.370. The maximum atomic E-state index is 11.2. The molecule has 60 valence electrons. The molecule has 0 atom stereocenters. The van der Waals surface area contributed by atoms with Gasteiger partial charge in [-0.2, -0.15) is 0 Å². The molecule has 0 N–H and O–H groups in total. The summed E-state index contributed by atoms with van der Waals surface area (Å²) in [5.74, 6) is 0. The highest BCUT2D eigenvalue weighted by Crippen LogP contribution is 2.11. The second-order valence-corrected chi connectivity index (χ2v) is 2.74. The van der Waals surface area contributed by atoms with Crippen molar-refractivity contribution in [3.8, 4) is 0 Å². The van der Waals surface area contributed by atoms with E-state index in [1.54, 1.807) is 18.3 Å². The Labute approximate surface area is 73.2 Å². The lowest BCUT2D eigenvalue weighted by atomic mass is 10.4. The zero-order chi connectivity index (χ0) is 8.55. The topological polar surface area (TPSA) is 34.4 Å². The van der Waals surface area contributed by atoms with Crippen LogP contribution in [0.2, 0.25) is 5.02 Å². The number of hydrogen-bond donors (Lipinski definition) is 0. The van der Waals surface area contributed by atoms with Gasteiger partial charge >= 0.3 is 0 Å². The van der Waals surface area contributed by atoms with E-state index in [1.165, 1.54) is 16.7 Å². The highest BCUT2D eigenvalue weighted by atomic mass is 35.5. The minimum atomic E-state index is -0.123. The second-order valence-electron chi connectivity index (χ2n) is 2.33. The van der Waals surface area contributed by atoms with Crippen molar-refractivity contribution in [1.29, 1.82) is 0 Å². The first-order chi connectivity index (χ1) is 5.79. The Morgan fingerprint density at radius 3 is 3.00 bits per heavy atom. The molecule has 0 aliphatic rings. The summed E-state index contributed by atoms with van der Waals surface area (Å²) in [6.45, 7) is 0. The Balaban J connectivity index is 3.05. The average molecular weight is 181 g/mol. The van der Waals surface area contributed by atoms with E-state index >= 15 is 0 Å². The third-order valence-corrected chi connectivity index (χ3v) is 1.87. The summed E-state index contributed by atoms with van der Waals surface area (Å²) in [7, 11) is 0. The van der Waals surface area contributed by atoms with Crippen LogP contribution in [-0.2, 0) is 0 Å². The van der Waals surface area contributed by atoms with Crippen molar-refractivity contribution in [1.82, 2.24) is 9.38 Å². The lowest BCUT2D eigenvalue weighted by Crippen LogP contribution is -2.12. The van der Waals surface area contributed by atoms with E-state index in [2.05, 4.69) is 4.98 Å². The molecule has 2 aromatic rings. The van der Waals surface area contributed by atoms with Crippen LogP contribution in [0, 0.1) is 0 Å². The molecule has 0 saturated heterocycles. The summed E-state index contributed by atoms with van der Waals surface area (Å²) in [6.07, 6.45) is 3.08. The van der Waals surface area contributed by atoms with Crippen LogP contribution in [0.1, 0.15) is 0 Å². The van der Waals surface area contributed by atoms with E-state index in [4.69, 9.17) is 11.6 Å². The fourth-order valence-electron chi connectivity index (χ4n) is 1.03. The molecule has 0 radical (unpaired) electrons. The summed E-state index contributed by atoms with van der Waals surface area (Å²) in [5, 5.41) is 0.482. The SMILES string of the molecule is O=c1ccnc2c(Cl)cccn12. The molecule has 4 heteroatoms. The van der Waals surface area contributed by atoms with Crippen LogP contribution in [0.25, 0.3) is 5.65 Å². The van der Waals surface area contributed by atoms with Gasteiger partial charge in [-0.3, -0.25) is 9.20 Å². The number of aromatic nitrogens is 2. The molecular formula is C8H5ClN2O. The molecule has 2 heterocycles. The fourth-order valence-corrected chi connectivity index (χ4v) is 1.24.